The van der Waals surface area contributed by atoms with Crippen LogP contribution in [-0.2, 0) is 24.1 Å². The molecule has 1 unspecified atom stereocenters. The van der Waals surface area contributed by atoms with Gasteiger partial charge in [0.25, 0.3) is 5.91 Å². The van der Waals surface area contributed by atoms with E-state index in [1.807, 2.05) is 16.8 Å². The normalized spacial score (nSPS) is 15.3. The molecule has 0 spiro atoms. The molecule has 0 aliphatic heterocycles. The molecule has 0 fully saturated rings. The van der Waals surface area contributed by atoms with Crippen molar-refractivity contribution >= 4 is 11.9 Å². The van der Waals surface area contributed by atoms with Crippen molar-refractivity contribution in [1.82, 2.24) is 15.1 Å². The van der Waals surface area contributed by atoms with Crippen LogP contribution in [0.3, 0.4) is 0 Å². The molecular formula is C20H25N3O3. The first kappa shape index (κ1) is 18.2. The second-order valence-corrected chi connectivity index (χ2v) is 7.00. The largest absolute Gasteiger partial charge is 0.480 e. The zero-order valence-electron chi connectivity index (χ0n) is 15.5. The van der Waals surface area contributed by atoms with Gasteiger partial charge in [0.15, 0.2) is 5.69 Å². The Balaban J connectivity index is 1.96. The van der Waals surface area contributed by atoms with Gasteiger partial charge in [0.1, 0.15) is 5.54 Å². The molecule has 26 heavy (non-hydrogen) atoms. The number of nitrogens with zero attached hydrogens (tertiary/aromatic N) is 2. The quantitative estimate of drug-likeness (QED) is 0.834. The molecule has 1 amide bonds. The lowest BCUT2D eigenvalue weighted by Crippen LogP contribution is -2.52. The molecule has 1 aromatic carbocycles. The zero-order chi connectivity index (χ0) is 18.9. The average molecular weight is 355 g/mol. The Morgan fingerprint density at radius 1 is 1.23 bits per heavy atom. The number of benzene rings is 1. The SMILES string of the molecule is CCc1ccc(-n2nc(C(=O)NC(C)(CC)C(=O)O)c3c2CCC3)cc1. The highest BCUT2D eigenvalue weighted by Gasteiger charge is 2.35. The van der Waals surface area contributed by atoms with Gasteiger partial charge >= 0.3 is 5.97 Å². The van der Waals surface area contributed by atoms with Crippen LogP contribution in [0.15, 0.2) is 24.3 Å². The lowest BCUT2D eigenvalue weighted by atomic mass is 9.99. The molecule has 0 radical (unpaired) electrons. The number of aliphatic carboxylic acids is 1. The number of carboxylic acids is 1. The summed E-state index contributed by atoms with van der Waals surface area (Å²) in [6.07, 6.45) is 3.91. The lowest BCUT2D eigenvalue weighted by molar-refractivity contribution is -0.143. The van der Waals surface area contributed by atoms with E-state index < -0.39 is 17.4 Å². The summed E-state index contributed by atoms with van der Waals surface area (Å²) >= 11 is 0. The molecule has 1 aromatic heterocycles. The van der Waals surface area contributed by atoms with E-state index in [-0.39, 0.29) is 0 Å². The Morgan fingerprint density at radius 3 is 2.50 bits per heavy atom. The van der Waals surface area contributed by atoms with Gasteiger partial charge in [-0.05, 0) is 56.7 Å². The molecule has 0 bridgehead atoms. The van der Waals surface area contributed by atoms with E-state index in [2.05, 4.69) is 29.5 Å². The predicted molar refractivity (Wildman–Crippen MR) is 98.8 cm³/mol. The molecular weight excluding hydrogens is 330 g/mol. The van der Waals surface area contributed by atoms with Gasteiger partial charge in [-0.15, -0.1) is 0 Å². The van der Waals surface area contributed by atoms with Crippen LogP contribution in [-0.4, -0.2) is 32.3 Å². The van der Waals surface area contributed by atoms with Gasteiger partial charge in [0.2, 0.25) is 0 Å². The van der Waals surface area contributed by atoms with Gasteiger partial charge in [-0.3, -0.25) is 4.79 Å². The summed E-state index contributed by atoms with van der Waals surface area (Å²) in [5.41, 5.74) is 3.21. The number of carbonyl (C=O) groups excluding carboxylic acids is 1. The standard InChI is InChI=1S/C20H25N3O3/c1-4-13-9-11-14(12-10-13)23-16-8-6-7-15(16)17(22-23)18(24)21-20(3,5-2)19(25)26/h9-12H,4-8H2,1-3H3,(H,21,24)(H,25,26). The summed E-state index contributed by atoms with van der Waals surface area (Å²) in [6.45, 7) is 5.37. The highest BCUT2D eigenvalue weighted by molar-refractivity contribution is 5.97. The Hall–Kier alpha value is -2.63. The van der Waals surface area contributed by atoms with Gasteiger partial charge in [0, 0.05) is 11.3 Å². The van der Waals surface area contributed by atoms with E-state index >= 15 is 0 Å². The van der Waals surface area contributed by atoms with Crippen molar-refractivity contribution in [2.75, 3.05) is 0 Å². The molecule has 2 aromatic rings. The maximum Gasteiger partial charge on any atom is 0.329 e. The zero-order valence-corrected chi connectivity index (χ0v) is 15.5. The maximum atomic E-state index is 12.8. The fourth-order valence-electron chi connectivity index (χ4n) is 3.31. The molecule has 1 heterocycles. The first-order chi connectivity index (χ1) is 12.4. The van der Waals surface area contributed by atoms with Gasteiger partial charge in [-0.1, -0.05) is 26.0 Å². The van der Waals surface area contributed by atoms with Crippen LogP contribution in [0.4, 0.5) is 0 Å². The Kier molecular flexibility index (Phi) is 4.85. The molecule has 2 N–H and O–H groups in total. The molecule has 138 valence electrons. The van der Waals surface area contributed by atoms with Crippen molar-refractivity contribution in [3.8, 4) is 5.69 Å². The number of fused-ring (bicyclic) bond motifs is 1. The third kappa shape index (κ3) is 3.11. The topological polar surface area (TPSA) is 84.2 Å². The number of hydrogen-bond donors (Lipinski definition) is 2. The number of hydrogen-bond acceptors (Lipinski definition) is 3. The number of carbonyl (C=O) groups is 2. The summed E-state index contributed by atoms with van der Waals surface area (Å²) in [6, 6.07) is 8.16. The number of rotatable bonds is 6. The van der Waals surface area contributed by atoms with Gasteiger partial charge < -0.3 is 10.4 Å². The minimum absolute atomic E-state index is 0.301. The number of nitrogens with one attached hydrogen (secondary N) is 1. The average Bonchev–Trinajstić information content (AvgIpc) is 3.24. The first-order valence-electron chi connectivity index (χ1n) is 9.15. The van der Waals surface area contributed by atoms with E-state index in [4.69, 9.17) is 0 Å². The minimum Gasteiger partial charge on any atom is -0.480 e. The highest BCUT2D eigenvalue weighted by atomic mass is 16.4. The van der Waals surface area contributed by atoms with Crippen LogP contribution in [0.2, 0.25) is 0 Å². The monoisotopic (exact) mass is 355 g/mol. The molecule has 6 nitrogen and oxygen atoms in total. The molecule has 6 heteroatoms. The third-order valence-electron chi connectivity index (χ3n) is 5.30. The van der Waals surface area contributed by atoms with Crippen molar-refractivity contribution in [2.45, 2.75) is 58.4 Å². The van der Waals surface area contributed by atoms with E-state index in [0.29, 0.717) is 12.1 Å². The summed E-state index contributed by atoms with van der Waals surface area (Å²) in [4.78, 5) is 24.3. The minimum atomic E-state index is -1.30. The Bertz CT molecular complexity index is 839. The van der Waals surface area contributed by atoms with Crippen molar-refractivity contribution in [3.05, 3.63) is 46.8 Å². The second kappa shape index (κ2) is 6.94. The van der Waals surface area contributed by atoms with Crippen LogP contribution in [0, 0.1) is 0 Å². The number of amides is 1. The van der Waals surface area contributed by atoms with E-state index in [1.54, 1.807) is 6.92 Å². The molecule has 1 aliphatic carbocycles. The molecule has 1 aliphatic rings. The van der Waals surface area contributed by atoms with Crippen molar-refractivity contribution < 1.29 is 14.7 Å². The molecule has 0 saturated heterocycles. The van der Waals surface area contributed by atoms with Crippen molar-refractivity contribution in [2.24, 2.45) is 0 Å². The predicted octanol–water partition coefficient (Wildman–Crippen LogP) is 2.91. The maximum absolute atomic E-state index is 12.8. The summed E-state index contributed by atoms with van der Waals surface area (Å²) in [5.74, 6) is -1.46. The Morgan fingerprint density at radius 2 is 1.92 bits per heavy atom. The lowest BCUT2D eigenvalue weighted by Gasteiger charge is -2.24. The van der Waals surface area contributed by atoms with E-state index in [1.165, 1.54) is 12.5 Å². The van der Waals surface area contributed by atoms with Crippen molar-refractivity contribution in [1.29, 1.82) is 0 Å². The summed E-state index contributed by atoms with van der Waals surface area (Å²) < 4.78 is 1.83. The molecule has 3 rings (SSSR count). The first-order valence-corrected chi connectivity index (χ1v) is 9.15. The summed E-state index contributed by atoms with van der Waals surface area (Å²) in [7, 11) is 0. The van der Waals surface area contributed by atoms with Crippen LogP contribution in [0.1, 0.15) is 60.9 Å². The highest BCUT2D eigenvalue weighted by Crippen LogP contribution is 2.28. The number of carboxylic acid groups (broad SMARTS) is 1. The van der Waals surface area contributed by atoms with Gasteiger partial charge in [-0.25, -0.2) is 9.48 Å². The van der Waals surface area contributed by atoms with Crippen LogP contribution in [0.25, 0.3) is 5.69 Å². The number of aryl methyl sites for hydroxylation is 1. The number of aromatic nitrogens is 2. The van der Waals surface area contributed by atoms with E-state index in [0.717, 1.165) is 42.6 Å². The van der Waals surface area contributed by atoms with Gasteiger partial charge in [0.05, 0.1) is 5.69 Å². The Labute approximate surface area is 153 Å². The fraction of sp³-hybridized carbons (Fsp3) is 0.450. The van der Waals surface area contributed by atoms with Crippen LogP contribution in [0.5, 0.6) is 0 Å². The van der Waals surface area contributed by atoms with E-state index in [9.17, 15) is 14.7 Å². The van der Waals surface area contributed by atoms with Crippen LogP contribution < -0.4 is 5.32 Å². The second-order valence-electron chi connectivity index (χ2n) is 7.00. The summed E-state index contributed by atoms with van der Waals surface area (Å²) in [5, 5.41) is 16.6. The van der Waals surface area contributed by atoms with Crippen LogP contribution >= 0.6 is 0 Å². The van der Waals surface area contributed by atoms with Gasteiger partial charge in [-0.2, -0.15) is 5.10 Å². The smallest absolute Gasteiger partial charge is 0.329 e. The molecule has 0 saturated carbocycles. The molecule has 1 atom stereocenters. The third-order valence-corrected chi connectivity index (χ3v) is 5.30. The van der Waals surface area contributed by atoms with Crippen molar-refractivity contribution in [3.63, 3.8) is 0 Å². The fourth-order valence-corrected chi connectivity index (χ4v) is 3.31.